The highest BCUT2D eigenvalue weighted by atomic mass is 16.5. The van der Waals surface area contributed by atoms with Crippen molar-refractivity contribution in [2.75, 3.05) is 31.1 Å². The Morgan fingerprint density at radius 2 is 2.20 bits per heavy atom. The van der Waals surface area contributed by atoms with Gasteiger partial charge in [0.1, 0.15) is 11.5 Å². The second-order valence-electron chi connectivity index (χ2n) is 6.75. The van der Waals surface area contributed by atoms with Crippen LogP contribution in [0.25, 0.3) is 0 Å². The fraction of sp³-hybridized carbons (Fsp3) is 0.474. The SMILES string of the molecule is Cc1ccc(CN2CC[C@H]3C(=O)N(c4cccnc4)CCO[C@H]3C2)o1. The molecule has 2 atom stereocenters. The zero-order chi connectivity index (χ0) is 17.2. The van der Waals surface area contributed by atoms with E-state index in [1.165, 1.54) is 0 Å². The Morgan fingerprint density at radius 1 is 1.28 bits per heavy atom. The topological polar surface area (TPSA) is 58.8 Å². The highest BCUT2D eigenvalue weighted by molar-refractivity contribution is 5.95. The number of piperidine rings is 1. The van der Waals surface area contributed by atoms with Crippen LogP contribution in [0.15, 0.2) is 41.1 Å². The molecule has 2 aliphatic rings. The molecule has 2 aromatic heterocycles. The van der Waals surface area contributed by atoms with Crippen LogP contribution in [0.1, 0.15) is 17.9 Å². The second kappa shape index (κ2) is 6.98. The van der Waals surface area contributed by atoms with Crippen LogP contribution >= 0.6 is 0 Å². The fourth-order valence-electron chi connectivity index (χ4n) is 3.74. The molecular weight excluding hydrogens is 318 g/mol. The van der Waals surface area contributed by atoms with Crippen molar-refractivity contribution in [1.29, 1.82) is 0 Å². The molecule has 0 radical (unpaired) electrons. The molecular formula is C19H23N3O3. The summed E-state index contributed by atoms with van der Waals surface area (Å²) in [5.41, 5.74) is 0.852. The van der Waals surface area contributed by atoms with E-state index in [1.807, 2.05) is 36.1 Å². The minimum Gasteiger partial charge on any atom is -0.465 e. The van der Waals surface area contributed by atoms with E-state index < -0.39 is 0 Å². The maximum Gasteiger partial charge on any atom is 0.232 e. The van der Waals surface area contributed by atoms with Gasteiger partial charge in [-0.25, -0.2) is 0 Å². The van der Waals surface area contributed by atoms with Gasteiger partial charge in [-0.05, 0) is 44.2 Å². The number of rotatable bonds is 3. The maximum absolute atomic E-state index is 13.0. The highest BCUT2D eigenvalue weighted by Crippen LogP contribution is 2.28. The molecule has 25 heavy (non-hydrogen) atoms. The lowest BCUT2D eigenvalue weighted by molar-refractivity contribution is -0.128. The normalized spacial score (nSPS) is 24.8. The quantitative estimate of drug-likeness (QED) is 0.857. The average molecular weight is 341 g/mol. The van der Waals surface area contributed by atoms with Crippen LogP contribution in [0, 0.1) is 12.8 Å². The van der Waals surface area contributed by atoms with Crippen molar-refractivity contribution < 1.29 is 13.9 Å². The first-order valence-corrected chi connectivity index (χ1v) is 8.81. The van der Waals surface area contributed by atoms with Gasteiger partial charge >= 0.3 is 0 Å². The first-order chi connectivity index (χ1) is 12.2. The number of hydrogen-bond donors (Lipinski definition) is 0. The largest absolute Gasteiger partial charge is 0.465 e. The molecule has 0 aromatic carbocycles. The summed E-state index contributed by atoms with van der Waals surface area (Å²) in [5.74, 6) is 1.96. The van der Waals surface area contributed by atoms with Crippen LogP contribution in [0.3, 0.4) is 0 Å². The summed E-state index contributed by atoms with van der Waals surface area (Å²) in [6.07, 6.45) is 4.21. The first-order valence-electron chi connectivity index (χ1n) is 8.81. The molecule has 2 aliphatic heterocycles. The van der Waals surface area contributed by atoms with Crippen molar-refractivity contribution in [1.82, 2.24) is 9.88 Å². The molecule has 2 fully saturated rings. The van der Waals surface area contributed by atoms with E-state index in [9.17, 15) is 4.79 Å². The molecule has 1 amide bonds. The van der Waals surface area contributed by atoms with E-state index in [1.54, 1.807) is 12.4 Å². The Balaban J connectivity index is 1.45. The third-order valence-corrected chi connectivity index (χ3v) is 5.01. The number of nitrogens with zero attached hydrogens (tertiary/aromatic N) is 3. The van der Waals surface area contributed by atoms with Gasteiger partial charge < -0.3 is 14.1 Å². The highest BCUT2D eigenvalue weighted by Gasteiger charge is 2.39. The van der Waals surface area contributed by atoms with Crippen molar-refractivity contribution in [3.05, 3.63) is 48.2 Å². The third-order valence-electron chi connectivity index (χ3n) is 5.01. The molecule has 6 heteroatoms. The van der Waals surface area contributed by atoms with E-state index in [4.69, 9.17) is 9.15 Å². The fourth-order valence-corrected chi connectivity index (χ4v) is 3.74. The third kappa shape index (κ3) is 3.45. The van der Waals surface area contributed by atoms with Crippen molar-refractivity contribution in [3.63, 3.8) is 0 Å². The van der Waals surface area contributed by atoms with Crippen LogP contribution in [0.5, 0.6) is 0 Å². The van der Waals surface area contributed by atoms with Gasteiger partial charge in [0.15, 0.2) is 0 Å². The zero-order valence-corrected chi connectivity index (χ0v) is 14.4. The number of amides is 1. The molecule has 2 saturated heterocycles. The molecule has 0 bridgehead atoms. The number of furan rings is 1. The number of pyridine rings is 1. The van der Waals surface area contributed by atoms with Gasteiger partial charge in [0.2, 0.25) is 5.91 Å². The molecule has 0 spiro atoms. The van der Waals surface area contributed by atoms with Crippen molar-refractivity contribution in [2.45, 2.75) is 26.0 Å². The number of aromatic nitrogens is 1. The summed E-state index contributed by atoms with van der Waals surface area (Å²) in [6, 6.07) is 7.80. The number of fused-ring (bicyclic) bond motifs is 1. The van der Waals surface area contributed by atoms with Gasteiger partial charge in [-0.2, -0.15) is 0 Å². The monoisotopic (exact) mass is 341 g/mol. The molecule has 0 saturated carbocycles. The number of ether oxygens (including phenoxy) is 1. The lowest BCUT2D eigenvalue weighted by atomic mass is 9.92. The predicted octanol–water partition coefficient (Wildman–Crippen LogP) is 2.24. The van der Waals surface area contributed by atoms with E-state index in [0.717, 1.165) is 43.3 Å². The lowest BCUT2D eigenvalue weighted by Gasteiger charge is -2.36. The summed E-state index contributed by atoms with van der Waals surface area (Å²) in [7, 11) is 0. The van der Waals surface area contributed by atoms with Crippen LogP contribution in [0.2, 0.25) is 0 Å². The maximum atomic E-state index is 13.0. The standard InChI is InChI=1S/C19H23N3O3/c1-14-4-5-16(25-14)12-21-8-6-17-18(13-21)24-10-9-22(19(17)23)15-3-2-7-20-11-15/h2-5,7,11,17-18H,6,8-10,12-13H2,1H3/t17-,18+/m1/s1. The summed E-state index contributed by atoms with van der Waals surface area (Å²) in [4.78, 5) is 21.3. The van der Waals surface area contributed by atoms with Gasteiger partial charge in [0, 0.05) is 19.3 Å². The van der Waals surface area contributed by atoms with E-state index >= 15 is 0 Å². The Hall–Kier alpha value is -2.18. The van der Waals surface area contributed by atoms with Crippen molar-refractivity contribution >= 4 is 11.6 Å². The summed E-state index contributed by atoms with van der Waals surface area (Å²) >= 11 is 0. The molecule has 2 aromatic rings. The van der Waals surface area contributed by atoms with E-state index in [-0.39, 0.29) is 17.9 Å². The lowest BCUT2D eigenvalue weighted by Crippen LogP contribution is -2.49. The summed E-state index contributed by atoms with van der Waals surface area (Å²) in [5, 5.41) is 0. The van der Waals surface area contributed by atoms with Gasteiger partial charge in [-0.15, -0.1) is 0 Å². The molecule has 4 heterocycles. The van der Waals surface area contributed by atoms with E-state index in [2.05, 4.69) is 9.88 Å². The Kier molecular flexibility index (Phi) is 4.55. The second-order valence-corrected chi connectivity index (χ2v) is 6.75. The number of anilines is 1. The summed E-state index contributed by atoms with van der Waals surface area (Å²) < 4.78 is 11.7. The number of carbonyl (C=O) groups is 1. The van der Waals surface area contributed by atoms with Gasteiger partial charge in [0.05, 0.1) is 37.1 Å². The zero-order valence-electron chi connectivity index (χ0n) is 14.4. The minimum absolute atomic E-state index is 0.0565. The van der Waals surface area contributed by atoms with Crippen LogP contribution in [-0.4, -0.2) is 48.1 Å². The van der Waals surface area contributed by atoms with Gasteiger partial charge in [0.25, 0.3) is 0 Å². The van der Waals surface area contributed by atoms with Crippen molar-refractivity contribution in [2.24, 2.45) is 5.92 Å². The first kappa shape index (κ1) is 16.3. The predicted molar refractivity (Wildman–Crippen MR) is 93.2 cm³/mol. The number of likely N-dealkylation sites (tertiary alicyclic amines) is 1. The molecule has 0 N–H and O–H groups in total. The van der Waals surface area contributed by atoms with Crippen molar-refractivity contribution in [3.8, 4) is 0 Å². The minimum atomic E-state index is -0.0858. The Bertz CT molecular complexity index is 731. The number of aryl methyl sites for hydroxylation is 1. The van der Waals surface area contributed by atoms with Crippen LogP contribution < -0.4 is 4.90 Å². The number of hydrogen-bond acceptors (Lipinski definition) is 5. The molecule has 0 unspecified atom stereocenters. The van der Waals surface area contributed by atoms with E-state index in [0.29, 0.717) is 13.2 Å². The Labute approximate surface area is 147 Å². The van der Waals surface area contributed by atoms with Gasteiger partial charge in [-0.3, -0.25) is 14.7 Å². The molecule has 0 aliphatic carbocycles. The summed E-state index contributed by atoms with van der Waals surface area (Å²) in [6.45, 7) is 5.48. The smallest absolute Gasteiger partial charge is 0.232 e. The van der Waals surface area contributed by atoms with Crippen LogP contribution in [0.4, 0.5) is 5.69 Å². The van der Waals surface area contributed by atoms with Crippen LogP contribution in [-0.2, 0) is 16.1 Å². The molecule has 132 valence electrons. The Morgan fingerprint density at radius 3 is 2.96 bits per heavy atom. The average Bonchev–Trinajstić information content (AvgIpc) is 2.96. The molecule has 4 rings (SSSR count). The number of carbonyl (C=O) groups excluding carboxylic acids is 1. The molecule has 6 nitrogen and oxygen atoms in total. The van der Waals surface area contributed by atoms with Gasteiger partial charge in [-0.1, -0.05) is 0 Å².